The highest BCUT2D eigenvalue weighted by Gasteiger charge is 2.23. The average molecular weight is 277 g/mol. The Morgan fingerprint density at radius 1 is 1.40 bits per heavy atom. The van der Waals surface area contributed by atoms with Gasteiger partial charge in [0.2, 0.25) is 0 Å². The molecule has 0 radical (unpaired) electrons. The number of rotatable bonds is 7. The highest BCUT2D eigenvalue weighted by Crippen LogP contribution is 2.24. The van der Waals surface area contributed by atoms with Crippen molar-refractivity contribution in [1.82, 2.24) is 10.3 Å². The van der Waals surface area contributed by atoms with E-state index in [1.165, 1.54) is 0 Å². The molecule has 0 atom stereocenters. The number of nitrogens with one attached hydrogen (secondary N) is 2. The maximum absolute atomic E-state index is 12.2. The Balaban J connectivity index is 2.63. The molecule has 0 fully saturated rings. The van der Waals surface area contributed by atoms with E-state index in [4.69, 9.17) is 0 Å². The van der Waals surface area contributed by atoms with Gasteiger partial charge < -0.3 is 10.6 Å². The van der Waals surface area contributed by atoms with Gasteiger partial charge in [0.05, 0.1) is 0 Å². The number of hydrogen-bond acceptors (Lipinski definition) is 3. The molecule has 0 bridgehead atoms. The van der Waals surface area contributed by atoms with E-state index >= 15 is 0 Å². The summed E-state index contributed by atoms with van der Waals surface area (Å²) in [6, 6.07) is 3.54. The summed E-state index contributed by atoms with van der Waals surface area (Å²) in [5, 5.41) is 6.20. The lowest BCUT2D eigenvalue weighted by molar-refractivity contribution is 0.0924. The number of aromatic nitrogens is 1. The summed E-state index contributed by atoms with van der Waals surface area (Å²) in [5.74, 6) is 1.23. The first-order valence-electron chi connectivity index (χ1n) is 7.35. The van der Waals surface area contributed by atoms with Crippen molar-refractivity contribution in [2.75, 3.05) is 18.4 Å². The first kappa shape index (κ1) is 16.5. The third-order valence-corrected chi connectivity index (χ3v) is 3.85. The van der Waals surface area contributed by atoms with E-state index in [1.807, 2.05) is 0 Å². The van der Waals surface area contributed by atoms with Gasteiger partial charge >= 0.3 is 0 Å². The van der Waals surface area contributed by atoms with Crippen LogP contribution in [0.5, 0.6) is 0 Å². The second-order valence-corrected chi connectivity index (χ2v) is 6.18. The summed E-state index contributed by atoms with van der Waals surface area (Å²) in [7, 11) is 0. The molecule has 4 heteroatoms. The van der Waals surface area contributed by atoms with Crippen LogP contribution in [-0.4, -0.2) is 24.0 Å². The standard InChI is InChI=1S/C16H27N3O/c1-6-8-17-14-10-13(7-9-18-14)15(20)19-11-16(4,5)12(2)3/h7,9-10,12H,6,8,11H2,1-5H3,(H,17,18)(H,19,20). The zero-order chi connectivity index (χ0) is 15.2. The van der Waals surface area contributed by atoms with Gasteiger partial charge in [-0.25, -0.2) is 4.98 Å². The molecule has 0 saturated heterocycles. The molecule has 20 heavy (non-hydrogen) atoms. The first-order chi connectivity index (χ1) is 9.36. The molecular formula is C16H27N3O. The van der Waals surface area contributed by atoms with Crippen LogP contribution in [0.15, 0.2) is 18.3 Å². The molecule has 0 aliphatic rings. The third kappa shape index (κ3) is 4.83. The van der Waals surface area contributed by atoms with Gasteiger partial charge in [-0.3, -0.25) is 4.79 Å². The molecule has 1 heterocycles. The van der Waals surface area contributed by atoms with Crippen molar-refractivity contribution in [2.45, 2.75) is 41.0 Å². The molecule has 0 aromatic carbocycles. The Hall–Kier alpha value is -1.58. The Bertz CT molecular complexity index is 441. The van der Waals surface area contributed by atoms with Crippen molar-refractivity contribution in [2.24, 2.45) is 11.3 Å². The van der Waals surface area contributed by atoms with E-state index in [0.29, 0.717) is 18.0 Å². The summed E-state index contributed by atoms with van der Waals surface area (Å²) in [4.78, 5) is 16.4. The van der Waals surface area contributed by atoms with Gasteiger partial charge in [-0.15, -0.1) is 0 Å². The van der Waals surface area contributed by atoms with Crippen LogP contribution in [0.4, 0.5) is 5.82 Å². The van der Waals surface area contributed by atoms with E-state index in [1.54, 1.807) is 18.3 Å². The first-order valence-corrected chi connectivity index (χ1v) is 7.35. The minimum Gasteiger partial charge on any atom is -0.370 e. The Labute approximate surface area is 122 Å². The van der Waals surface area contributed by atoms with Crippen molar-refractivity contribution in [1.29, 1.82) is 0 Å². The van der Waals surface area contributed by atoms with Crippen molar-refractivity contribution >= 4 is 11.7 Å². The fourth-order valence-corrected chi connectivity index (χ4v) is 1.54. The second kappa shape index (κ2) is 7.27. The average Bonchev–Trinajstić information content (AvgIpc) is 2.42. The molecule has 1 rings (SSSR count). The summed E-state index contributed by atoms with van der Waals surface area (Å²) < 4.78 is 0. The van der Waals surface area contributed by atoms with Crippen LogP contribution in [-0.2, 0) is 0 Å². The lowest BCUT2D eigenvalue weighted by atomic mass is 9.81. The number of carbonyl (C=O) groups excluding carboxylic acids is 1. The number of amides is 1. The van der Waals surface area contributed by atoms with Crippen molar-refractivity contribution in [3.63, 3.8) is 0 Å². The van der Waals surface area contributed by atoms with Gasteiger partial charge in [-0.05, 0) is 29.9 Å². The maximum atomic E-state index is 12.2. The minimum absolute atomic E-state index is 0.0410. The van der Waals surface area contributed by atoms with Gasteiger partial charge in [0.1, 0.15) is 5.82 Å². The van der Waals surface area contributed by atoms with E-state index in [2.05, 4.69) is 50.2 Å². The monoisotopic (exact) mass is 277 g/mol. The van der Waals surface area contributed by atoms with Crippen molar-refractivity contribution < 1.29 is 4.79 Å². The normalized spacial score (nSPS) is 11.5. The number of nitrogens with zero attached hydrogens (tertiary/aromatic N) is 1. The van der Waals surface area contributed by atoms with E-state index in [-0.39, 0.29) is 11.3 Å². The van der Waals surface area contributed by atoms with Gasteiger partial charge in [0, 0.05) is 24.8 Å². The molecule has 1 aromatic heterocycles. The maximum Gasteiger partial charge on any atom is 0.251 e. The molecule has 0 aliphatic carbocycles. The molecular weight excluding hydrogens is 250 g/mol. The van der Waals surface area contributed by atoms with Crippen LogP contribution in [0.25, 0.3) is 0 Å². The quantitative estimate of drug-likeness (QED) is 0.804. The number of anilines is 1. The van der Waals surface area contributed by atoms with Crippen LogP contribution in [0.1, 0.15) is 51.4 Å². The Kier molecular flexibility index (Phi) is 5.99. The third-order valence-electron chi connectivity index (χ3n) is 3.85. The smallest absolute Gasteiger partial charge is 0.251 e. The van der Waals surface area contributed by atoms with Crippen LogP contribution in [0, 0.1) is 11.3 Å². The fraction of sp³-hybridized carbons (Fsp3) is 0.625. The predicted molar refractivity (Wildman–Crippen MR) is 84.0 cm³/mol. The SMILES string of the molecule is CCCNc1cc(C(=O)NCC(C)(C)C(C)C)ccn1. The highest BCUT2D eigenvalue weighted by atomic mass is 16.1. The lowest BCUT2D eigenvalue weighted by Gasteiger charge is -2.29. The zero-order valence-corrected chi connectivity index (χ0v) is 13.3. The lowest BCUT2D eigenvalue weighted by Crippen LogP contribution is -2.37. The molecule has 1 aromatic rings. The zero-order valence-electron chi connectivity index (χ0n) is 13.3. The Morgan fingerprint density at radius 2 is 2.10 bits per heavy atom. The van der Waals surface area contributed by atoms with Gasteiger partial charge in [-0.1, -0.05) is 34.6 Å². The van der Waals surface area contributed by atoms with Gasteiger partial charge in [0.15, 0.2) is 0 Å². The molecule has 1 amide bonds. The van der Waals surface area contributed by atoms with Crippen LogP contribution >= 0.6 is 0 Å². The second-order valence-electron chi connectivity index (χ2n) is 6.18. The molecule has 0 saturated carbocycles. The number of hydrogen-bond donors (Lipinski definition) is 2. The Morgan fingerprint density at radius 3 is 2.70 bits per heavy atom. The van der Waals surface area contributed by atoms with E-state index in [0.717, 1.165) is 18.8 Å². The summed E-state index contributed by atoms with van der Waals surface area (Å²) >= 11 is 0. The topological polar surface area (TPSA) is 54.0 Å². The fourth-order valence-electron chi connectivity index (χ4n) is 1.54. The van der Waals surface area contributed by atoms with E-state index < -0.39 is 0 Å². The predicted octanol–water partition coefficient (Wildman–Crippen LogP) is 3.32. The molecule has 0 aliphatic heterocycles. The summed E-state index contributed by atoms with van der Waals surface area (Å²) in [5.41, 5.74) is 0.740. The summed E-state index contributed by atoms with van der Waals surface area (Å²) in [6.45, 7) is 12.3. The van der Waals surface area contributed by atoms with Crippen molar-refractivity contribution in [3.05, 3.63) is 23.9 Å². The van der Waals surface area contributed by atoms with Gasteiger partial charge in [0.25, 0.3) is 5.91 Å². The largest absolute Gasteiger partial charge is 0.370 e. The number of pyridine rings is 1. The molecule has 112 valence electrons. The minimum atomic E-state index is -0.0410. The van der Waals surface area contributed by atoms with Crippen molar-refractivity contribution in [3.8, 4) is 0 Å². The molecule has 0 unspecified atom stereocenters. The molecule has 2 N–H and O–H groups in total. The summed E-state index contributed by atoms with van der Waals surface area (Å²) in [6.07, 6.45) is 2.70. The molecule has 0 spiro atoms. The highest BCUT2D eigenvalue weighted by molar-refractivity contribution is 5.94. The number of carbonyl (C=O) groups is 1. The van der Waals surface area contributed by atoms with Crippen LogP contribution in [0.3, 0.4) is 0 Å². The molecule has 4 nitrogen and oxygen atoms in total. The van der Waals surface area contributed by atoms with Gasteiger partial charge in [-0.2, -0.15) is 0 Å². The van der Waals surface area contributed by atoms with Crippen LogP contribution in [0.2, 0.25) is 0 Å². The van der Waals surface area contributed by atoms with Crippen LogP contribution < -0.4 is 10.6 Å². The van der Waals surface area contributed by atoms with E-state index in [9.17, 15) is 4.79 Å².